The lowest BCUT2D eigenvalue weighted by atomic mass is 9.86. The molecule has 9 heteroatoms. The van der Waals surface area contributed by atoms with Crippen LogP contribution >= 0.6 is 23.4 Å². The molecule has 0 saturated carbocycles. The molecule has 1 aliphatic rings. The first-order valence-electron chi connectivity index (χ1n) is 11.4. The topological polar surface area (TPSA) is 104 Å². The molecule has 0 fully saturated rings. The summed E-state index contributed by atoms with van der Waals surface area (Å²) >= 11 is 7.32. The van der Waals surface area contributed by atoms with E-state index in [-0.39, 0.29) is 29.4 Å². The molecule has 1 atom stereocenters. The zero-order valence-electron chi connectivity index (χ0n) is 20.2. The fourth-order valence-electron chi connectivity index (χ4n) is 3.90. The van der Waals surface area contributed by atoms with Gasteiger partial charge in [-0.15, -0.1) is 0 Å². The summed E-state index contributed by atoms with van der Waals surface area (Å²) in [7, 11) is 0. The Kier molecular flexibility index (Phi) is 8.39. The van der Waals surface area contributed by atoms with Crippen LogP contribution in [0.1, 0.15) is 29.7 Å². The third kappa shape index (κ3) is 6.08. The van der Waals surface area contributed by atoms with Crippen molar-refractivity contribution >= 4 is 40.9 Å². The van der Waals surface area contributed by atoms with Crippen molar-refractivity contribution in [3.63, 3.8) is 0 Å². The minimum absolute atomic E-state index is 0.0331. The van der Waals surface area contributed by atoms with Crippen LogP contribution in [0.3, 0.4) is 0 Å². The number of ether oxygens (including phenoxy) is 1. The third-order valence-electron chi connectivity index (χ3n) is 5.80. The minimum Gasteiger partial charge on any atom is -0.468 e. The highest BCUT2D eigenvalue weighted by atomic mass is 35.5. The molecule has 1 aromatic heterocycles. The molecular weight excluding hydrogens is 510 g/mol. The molecule has 1 amide bonds. The van der Waals surface area contributed by atoms with E-state index in [0.717, 1.165) is 11.1 Å². The van der Waals surface area contributed by atoms with Gasteiger partial charge in [0.05, 0.1) is 40.2 Å². The molecule has 0 aliphatic carbocycles. The molecule has 3 aromatic rings. The highest BCUT2D eigenvalue weighted by Crippen LogP contribution is 2.41. The number of esters is 1. The van der Waals surface area contributed by atoms with Gasteiger partial charge in [0, 0.05) is 16.4 Å². The zero-order chi connectivity index (χ0) is 26.4. The molecule has 2 N–H and O–H groups in total. The number of amides is 1. The van der Waals surface area contributed by atoms with Crippen LogP contribution in [-0.4, -0.2) is 17.6 Å². The number of carbonyl (C=O) groups is 2. The van der Waals surface area contributed by atoms with Crippen LogP contribution in [0.4, 0.5) is 5.69 Å². The number of halogens is 1. The van der Waals surface area contributed by atoms with Gasteiger partial charge in [-0.1, -0.05) is 59.8 Å². The molecule has 0 spiro atoms. The average molecular weight is 534 g/mol. The van der Waals surface area contributed by atoms with Gasteiger partial charge in [0.25, 0.3) is 0 Å². The molecule has 37 heavy (non-hydrogen) atoms. The summed E-state index contributed by atoms with van der Waals surface area (Å²) in [6.45, 7) is 3.65. The van der Waals surface area contributed by atoms with Gasteiger partial charge in [-0.05, 0) is 49.2 Å². The van der Waals surface area contributed by atoms with E-state index in [1.807, 2.05) is 37.3 Å². The van der Waals surface area contributed by atoms with E-state index in [2.05, 4.69) is 16.7 Å². The number of hydrogen-bond acceptors (Lipinski definition) is 7. The summed E-state index contributed by atoms with van der Waals surface area (Å²) in [4.78, 5) is 25.9. The van der Waals surface area contributed by atoms with E-state index in [0.29, 0.717) is 27.2 Å². The van der Waals surface area contributed by atoms with E-state index in [1.54, 1.807) is 37.3 Å². The van der Waals surface area contributed by atoms with Crippen LogP contribution in [0.5, 0.6) is 0 Å². The molecule has 0 bridgehead atoms. The lowest BCUT2D eigenvalue weighted by molar-refractivity contribution is -0.140. The Morgan fingerprint density at radius 3 is 2.62 bits per heavy atom. The van der Waals surface area contributed by atoms with Gasteiger partial charge in [-0.3, -0.25) is 4.79 Å². The SMILES string of the molecule is CC1=C(C(=O)OCc2ccccc2)C(c2ccco2)C(C#N)=C(SCC(=O)Nc2cccc(Cl)c2C)N1. The Morgan fingerprint density at radius 2 is 1.92 bits per heavy atom. The second kappa shape index (κ2) is 11.9. The number of nitrogens with one attached hydrogen (secondary N) is 2. The van der Waals surface area contributed by atoms with Gasteiger partial charge in [-0.2, -0.15) is 5.26 Å². The van der Waals surface area contributed by atoms with Gasteiger partial charge in [0.1, 0.15) is 12.4 Å². The lowest BCUT2D eigenvalue weighted by Crippen LogP contribution is -2.29. The summed E-state index contributed by atoms with van der Waals surface area (Å²) in [5, 5.41) is 17.1. The van der Waals surface area contributed by atoms with Crippen molar-refractivity contribution < 1.29 is 18.7 Å². The van der Waals surface area contributed by atoms with Crippen molar-refractivity contribution in [2.45, 2.75) is 26.4 Å². The van der Waals surface area contributed by atoms with Crippen LogP contribution in [0, 0.1) is 18.3 Å². The first kappa shape index (κ1) is 26.1. The summed E-state index contributed by atoms with van der Waals surface area (Å²) in [5.74, 6) is -1.12. The van der Waals surface area contributed by atoms with E-state index in [1.165, 1.54) is 18.0 Å². The number of rotatable bonds is 8. The van der Waals surface area contributed by atoms with Crippen molar-refractivity contribution in [3.05, 3.63) is 111 Å². The summed E-state index contributed by atoms with van der Waals surface area (Å²) in [5.41, 5.74) is 3.31. The van der Waals surface area contributed by atoms with Crippen LogP contribution in [-0.2, 0) is 20.9 Å². The van der Waals surface area contributed by atoms with Gasteiger partial charge in [0.15, 0.2) is 0 Å². The minimum atomic E-state index is -0.773. The summed E-state index contributed by atoms with van der Waals surface area (Å²) in [6.07, 6.45) is 1.49. The second-order valence-electron chi connectivity index (χ2n) is 8.28. The molecule has 4 rings (SSSR count). The maximum absolute atomic E-state index is 13.2. The lowest BCUT2D eigenvalue weighted by Gasteiger charge is -2.28. The zero-order valence-corrected chi connectivity index (χ0v) is 21.8. The number of thioether (sulfide) groups is 1. The first-order chi connectivity index (χ1) is 17.9. The number of furan rings is 1. The van der Waals surface area contributed by atoms with Crippen molar-refractivity contribution in [1.82, 2.24) is 5.32 Å². The average Bonchev–Trinajstić information content (AvgIpc) is 3.43. The fourth-order valence-corrected chi connectivity index (χ4v) is 4.97. The van der Waals surface area contributed by atoms with Crippen molar-refractivity contribution in [2.24, 2.45) is 0 Å². The molecule has 188 valence electrons. The molecule has 0 saturated heterocycles. The Labute approximate surface area is 224 Å². The predicted octanol–water partition coefficient (Wildman–Crippen LogP) is 6.05. The quantitative estimate of drug-likeness (QED) is 0.339. The molecular formula is C28H24ClN3O4S. The van der Waals surface area contributed by atoms with Crippen LogP contribution in [0.2, 0.25) is 5.02 Å². The maximum Gasteiger partial charge on any atom is 0.337 e. The van der Waals surface area contributed by atoms with Crippen molar-refractivity contribution in [2.75, 3.05) is 11.1 Å². The smallest absolute Gasteiger partial charge is 0.337 e. The van der Waals surface area contributed by atoms with Gasteiger partial charge in [-0.25, -0.2) is 4.79 Å². The number of benzene rings is 2. The Morgan fingerprint density at radius 1 is 1.14 bits per heavy atom. The number of allylic oxidation sites excluding steroid dienone is 2. The molecule has 2 heterocycles. The largest absolute Gasteiger partial charge is 0.468 e. The Balaban J connectivity index is 1.54. The Bertz CT molecular complexity index is 1410. The van der Waals surface area contributed by atoms with E-state index >= 15 is 0 Å². The molecule has 1 aliphatic heterocycles. The first-order valence-corrected chi connectivity index (χ1v) is 12.8. The third-order valence-corrected chi connectivity index (χ3v) is 7.22. The monoisotopic (exact) mass is 533 g/mol. The number of hydrogen-bond donors (Lipinski definition) is 2. The molecule has 2 aromatic carbocycles. The van der Waals surface area contributed by atoms with Crippen LogP contribution < -0.4 is 10.6 Å². The number of dihydropyridines is 1. The predicted molar refractivity (Wildman–Crippen MR) is 143 cm³/mol. The second-order valence-corrected chi connectivity index (χ2v) is 9.67. The number of nitriles is 1. The molecule has 1 unspecified atom stereocenters. The summed E-state index contributed by atoms with van der Waals surface area (Å²) in [6, 6.07) is 20.2. The van der Waals surface area contributed by atoms with E-state index in [9.17, 15) is 14.9 Å². The van der Waals surface area contributed by atoms with Gasteiger partial charge in [0.2, 0.25) is 5.91 Å². The standard InChI is InChI=1S/C28H24ClN3O4S/c1-17-21(29)10-6-11-22(17)32-24(33)16-37-27-20(14-30)26(23-12-7-13-35-23)25(18(2)31-27)28(34)36-15-19-8-4-3-5-9-19/h3-13,26,31H,15-16H2,1-2H3,(H,32,33). The van der Waals surface area contributed by atoms with Crippen LogP contribution in [0.25, 0.3) is 0 Å². The fraction of sp³-hybridized carbons (Fsp3) is 0.179. The van der Waals surface area contributed by atoms with E-state index < -0.39 is 11.9 Å². The number of nitrogens with zero attached hydrogens (tertiary/aromatic N) is 1. The molecule has 7 nitrogen and oxygen atoms in total. The van der Waals surface area contributed by atoms with Gasteiger partial charge >= 0.3 is 5.97 Å². The van der Waals surface area contributed by atoms with Crippen molar-refractivity contribution in [3.8, 4) is 6.07 Å². The Hall–Kier alpha value is -3.93. The molecule has 0 radical (unpaired) electrons. The normalized spacial score (nSPS) is 15.1. The maximum atomic E-state index is 13.2. The number of anilines is 1. The van der Waals surface area contributed by atoms with E-state index in [4.69, 9.17) is 20.8 Å². The summed E-state index contributed by atoms with van der Waals surface area (Å²) < 4.78 is 11.2. The number of carbonyl (C=O) groups excluding carboxylic acids is 2. The van der Waals surface area contributed by atoms with Gasteiger partial charge < -0.3 is 19.8 Å². The highest BCUT2D eigenvalue weighted by Gasteiger charge is 2.37. The van der Waals surface area contributed by atoms with Crippen LogP contribution in [0.15, 0.2) is 93.2 Å². The van der Waals surface area contributed by atoms with Crippen molar-refractivity contribution in [1.29, 1.82) is 5.26 Å². The highest BCUT2D eigenvalue weighted by molar-refractivity contribution is 8.03.